The van der Waals surface area contributed by atoms with Crippen LogP contribution in [-0.4, -0.2) is 24.0 Å². The summed E-state index contributed by atoms with van der Waals surface area (Å²) in [6, 6.07) is 9.44. The van der Waals surface area contributed by atoms with E-state index in [1.165, 1.54) is 37.1 Å². The number of nitrogens with one attached hydrogen (secondary N) is 1. The van der Waals surface area contributed by atoms with Gasteiger partial charge in [-0.15, -0.1) is 0 Å². The van der Waals surface area contributed by atoms with E-state index in [-0.39, 0.29) is 0 Å². The van der Waals surface area contributed by atoms with Crippen LogP contribution < -0.4 is 5.32 Å². The molecule has 0 spiro atoms. The van der Waals surface area contributed by atoms with E-state index in [0.717, 1.165) is 24.9 Å². The fraction of sp³-hybridized carbons (Fsp3) is 0.684. The molecule has 0 unspecified atom stereocenters. The van der Waals surface area contributed by atoms with Crippen LogP contribution >= 0.6 is 0 Å². The zero-order valence-corrected chi connectivity index (χ0v) is 14.2. The molecule has 1 aliphatic heterocycles. The maximum absolute atomic E-state index is 3.54. The van der Waals surface area contributed by atoms with E-state index in [1.807, 2.05) is 0 Å². The lowest BCUT2D eigenvalue weighted by atomic mass is 9.86. The second-order valence-electron chi connectivity index (χ2n) is 7.16. The number of rotatable bonds is 6. The highest BCUT2D eigenvalue weighted by molar-refractivity contribution is 5.27. The zero-order valence-electron chi connectivity index (χ0n) is 14.2. The molecule has 1 heterocycles. The number of benzene rings is 1. The van der Waals surface area contributed by atoms with E-state index in [4.69, 9.17) is 0 Å². The van der Waals surface area contributed by atoms with Crippen LogP contribution in [0.15, 0.2) is 24.3 Å². The van der Waals surface area contributed by atoms with E-state index >= 15 is 0 Å². The van der Waals surface area contributed by atoms with E-state index in [2.05, 4.69) is 62.2 Å². The molecular weight excluding hydrogens is 256 g/mol. The number of hydrogen-bond donors (Lipinski definition) is 1. The summed E-state index contributed by atoms with van der Waals surface area (Å²) in [6.45, 7) is 13.8. The van der Waals surface area contributed by atoms with Crippen LogP contribution in [0.3, 0.4) is 0 Å². The maximum Gasteiger partial charge on any atom is 0.0236 e. The Hall–Kier alpha value is -0.860. The summed E-state index contributed by atoms with van der Waals surface area (Å²) in [7, 11) is 0. The fourth-order valence-electron chi connectivity index (χ4n) is 3.22. The average Bonchev–Trinajstić information content (AvgIpc) is 2.47. The van der Waals surface area contributed by atoms with Crippen molar-refractivity contribution in [1.29, 1.82) is 0 Å². The maximum atomic E-state index is 3.54. The van der Waals surface area contributed by atoms with Crippen molar-refractivity contribution >= 4 is 0 Å². The monoisotopic (exact) mass is 288 g/mol. The van der Waals surface area contributed by atoms with Gasteiger partial charge in [0.2, 0.25) is 0 Å². The molecule has 2 nitrogen and oxygen atoms in total. The van der Waals surface area contributed by atoms with E-state index in [0.29, 0.717) is 6.04 Å². The number of hydrogen-bond acceptors (Lipinski definition) is 2. The van der Waals surface area contributed by atoms with Crippen molar-refractivity contribution in [3.63, 3.8) is 0 Å². The SMILES string of the molecule is CC(C)NCc1ccccc1CN1CCC(C(C)C)CC1. The van der Waals surface area contributed by atoms with Crippen molar-refractivity contribution in [2.75, 3.05) is 13.1 Å². The van der Waals surface area contributed by atoms with Gasteiger partial charge in [-0.05, 0) is 48.9 Å². The van der Waals surface area contributed by atoms with Crippen LogP contribution in [0.25, 0.3) is 0 Å². The van der Waals surface area contributed by atoms with Gasteiger partial charge >= 0.3 is 0 Å². The lowest BCUT2D eigenvalue weighted by molar-refractivity contribution is 0.151. The molecule has 0 radical (unpaired) electrons. The van der Waals surface area contributed by atoms with Crippen molar-refractivity contribution in [3.8, 4) is 0 Å². The van der Waals surface area contributed by atoms with Gasteiger partial charge in [-0.1, -0.05) is 52.0 Å². The molecule has 1 saturated heterocycles. The van der Waals surface area contributed by atoms with E-state index in [9.17, 15) is 0 Å². The molecule has 0 amide bonds. The van der Waals surface area contributed by atoms with Gasteiger partial charge in [0.05, 0.1) is 0 Å². The summed E-state index contributed by atoms with van der Waals surface area (Å²) in [4.78, 5) is 2.63. The normalized spacial score (nSPS) is 17.8. The molecule has 1 aromatic rings. The summed E-state index contributed by atoms with van der Waals surface area (Å²) < 4.78 is 0. The summed E-state index contributed by atoms with van der Waals surface area (Å²) in [6.07, 6.45) is 2.73. The van der Waals surface area contributed by atoms with Gasteiger partial charge in [0, 0.05) is 19.1 Å². The smallest absolute Gasteiger partial charge is 0.0236 e. The lowest BCUT2D eigenvalue weighted by Crippen LogP contribution is -2.35. The van der Waals surface area contributed by atoms with Gasteiger partial charge in [-0.3, -0.25) is 4.90 Å². The topological polar surface area (TPSA) is 15.3 Å². The Kier molecular flexibility index (Phi) is 6.25. The molecule has 0 bridgehead atoms. The average molecular weight is 288 g/mol. The Morgan fingerprint density at radius 1 is 1.05 bits per heavy atom. The van der Waals surface area contributed by atoms with Crippen LogP contribution in [-0.2, 0) is 13.1 Å². The second-order valence-corrected chi connectivity index (χ2v) is 7.16. The molecule has 1 aliphatic rings. The van der Waals surface area contributed by atoms with E-state index < -0.39 is 0 Å². The molecule has 21 heavy (non-hydrogen) atoms. The first-order chi connectivity index (χ1) is 10.1. The van der Waals surface area contributed by atoms with Crippen molar-refractivity contribution in [2.45, 2.75) is 59.7 Å². The third-order valence-corrected chi connectivity index (χ3v) is 4.79. The summed E-state index contributed by atoms with van der Waals surface area (Å²) in [5, 5.41) is 3.54. The standard InChI is InChI=1S/C19H32N2/c1-15(2)17-9-11-21(12-10-17)14-19-8-6-5-7-18(19)13-20-16(3)4/h5-8,15-17,20H,9-14H2,1-4H3. The highest BCUT2D eigenvalue weighted by atomic mass is 15.1. The third kappa shape index (κ3) is 5.12. The number of likely N-dealkylation sites (tertiary alicyclic amines) is 1. The van der Waals surface area contributed by atoms with Crippen molar-refractivity contribution in [1.82, 2.24) is 10.2 Å². The minimum absolute atomic E-state index is 0.542. The van der Waals surface area contributed by atoms with Crippen molar-refractivity contribution in [3.05, 3.63) is 35.4 Å². The second kappa shape index (κ2) is 7.95. The molecule has 1 fully saturated rings. The first-order valence-corrected chi connectivity index (χ1v) is 8.58. The molecule has 0 saturated carbocycles. The molecule has 0 aromatic heterocycles. The Balaban J connectivity index is 1.91. The predicted molar refractivity (Wildman–Crippen MR) is 91.3 cm³/mol. The van der Waals surface area contributed by atoms with Crippen LogP contribution in [0.4, 0.5) is 0 Å². The summed E-state index contributed by atoms with van der Waals surface area (Å²) in [5.41, 5.74) is 2.95. The van der Waals surface area contributed by atoms with Gasteiger partial charge < -0.3 is 5.32 Å². The van der Waals surface area contributed by atoms with Gasteiger partial charge in [0.1, 0.15) is 0 Å². The van der Waals surface area contributed by atoms with E-state index in [1.54, 1.807) is 0 Å². The fourth-order valence-corrected chi connectivity index (χ4v) is 3.22. The molecule has 1 N–H and O–H groups in total. The van der Waals surface area contributed by atoms with Crippen molar-refractivity contribution in [2.24, 2.45) is 11.8 Å². The van der Waals surface area contributed by atoms with Crippen LogP contribution in [0.5, 0.6) is 0 Å². The van der Waals surface area contributed by atoms with Gasteiger partial charge in [-0.2, -0.15) is 0 Å². The number of nitrogens with zero attached hydrogens (tertiary/aromatic N) is 1. The summed E-state index contributed by atoms with van der Waals surface area (Å²) >= 11 is 0. The first-order valence-electron chi connectivity index (χ1n) is 8.58. The molecule has 118 valence electrons. The molecule has 2 heteroatoms. The van der Waals surface area contributed by atoms with Gasteiger partial charge in [-0.25, -0.2) is 0 Å². The molecule has 2 rings (SSSR count). The van der Waals surface area contributed by atoms with Crippen LogP contribution in [0, 0.1) is 11.8 Å². The highest BCUT2D eigenvalue weighted by Crippen LogP contribution is 2.25. The Labute approximate surface area is 130 Å². The molecule has 1 aromatic carbocycles. The van der Waals surface area contributed by atoms with Crippen LogP contribution in [0.1, 0.15) is 51.7 Å². The molecule has 0 aliphatic carbocycles. The first kappa shape index (κ1) is 16.5. The Morgan fingerprint density at radius 3 is 2.24 bits per heavy atom. The molecular formula is C19H32N2. The van der Waals surface area contributed by atoms with Crippen LogP contribution in [0.2, 0.25) is 0 Å². The lowest BCUT2D eigenvalue weighted by Gasteiger charge is -2.34. The largest absolute Gasteiger partial charge is 0.310 e. The van der Waals surface area contributed by atoms with Gasteiger partial charge in [0.25, 0.3) is 0 Å². The minimum Gasteiger partial charge on any atom is -0.310 e. The predicted octanol–water partition coefficient (Wildman–Crippen LogP) is 4.05. The summed E-state index contributed by atoms with van der Waals surface area (Å²) in [5.74, 6) is 1.77. The zero-order chi connectivity index (χ0) is 15.2. The number of piperidine rings is 1. The molecule has 0 atom stereocenters. The Bertz CT molecular complexity index is 417. The quantitative estimate of drug-likeness (QED) is 0.849. The third-order valence-electron chi connectivity index (χ3n) is 4.79. The highest BCUT2D eigenvalue weighted by Gasteiger charge is 2.21. The van der Waals surface area contributed by atoms with Crippen molar-refractivity contribution < 1.29 is 0 Å². The Morgan fingerprint density at radius 2 is 1.67 bits per heavy atom. The van der Waals surface area contributed by atoms with Gasteiger partial charge in [0.15, 0.2) is 0 Å². The minimum atomic E-state index is 0.542.